The first-order valence-electron chi connectivity index (χ1n) is 7.28. The molecule has 0 spiro atoms. The predicted molar refractivity (Wildman–Crippen MR) is 81.3 cm³/mol. The van der Waals surface area contributed by atoms with Crippen LogP contribution in [0.25, 0.3) is 5.69 Å². The number of carbonyl (C=O) groups is 2. The second kappa shape index (κ2) is 6.98. The fourth-order valence-electron chi connectivity index (χ4n) is 2.13. The van der Waals surface area contributed by atoms with Gasteiger partial charge in [0.1, 0.15) is 5.69 Å². The number of aldehydes is 1. The number of carbonyl (C=O) groups excluding carboxylic acids is 2. The van der Waals surface area contributed by atoms with Crippen LogP contribution < -0.4 is 0 Å². The molecular weight excluding hydrogens is 282 g/mol. The van der Waals surface area contributed by atoms with Crippen LogP contribution in [-0.4, -0.2) is 33.4 Å². The van der Waals surface area contributed by atoms with Crippen molar-refractivity contribution in [2.24, 2.45) is 0 Å². The van der Waals surface area contributed by atoms with Gasteiger partial charge in [-0.05, 0) is 38.5 Å². The third-order valence-corrected chi connectivity index (χ3v) is 3.06. The SMILES string of the molecule is CCCc1c(C=O)nnn1-c1cccc(C(=O)OC(C)C)c1. The van der Waals surface area contributed by atoms with Crippen LogP contribution in [0.3, 0.4) is 0 Å². The number of nitrogens with zero attached hydrogens (tertiary/aromatic N) is 3. The van der Waals surface area contributed by atoms with Crippen molar-refractivity contribution in [3.05, 3.63) is 41.2 Å². The van der Waals surface area contributed by atoms with Crippen molar-refractivity contribution in [3.63, 3.8) is 0 Å². The standard InChI is InChI=1S/C16H19N3O3/c1-4-6-15-14(10-20)17-18-19(15)13-8-5-7-12(9-13)16(21)22-11(2)3/h5,7-11H,4,6H2,1-3H3. The molecule has 1 heterocycles. The summed E-state index contributed by atoms with van der Waals surface area (Å²) in [5.74, 6) is -0.385. The van der Waals surface area contributed by atoms with Gasteiger partial charge >= 0.3 is 5.97 Å². The van der Waals surface area contributed by atoms with Gasteiger partial charge in [0, 0.05) is 0 Å². The molecular formula is C16H19N3O3. The number of ether oxygens (including phenoxy) is 1. The highest BCUT2D eigenvalue weighted by Crippen LogP contribution is 2.16. The van der Waals surface area contributed by atoms with Crippen LogP contribution in [0.4, 0.5) is 0 Å². The maximum absolute atomic E-state index is 12.0. The molecule has 0 aliphatic heterocycles. The van der Waals surface area contributed by atoms with Crippen LogP contribution in [0.2, 0.25) is 0 Å². The van der Waals surface area contributed by atoms with E-state index in [1.165, 1.54) is 0 Å². The summed E-state index contributed by atoms with van der Waals surface area (Å²) in [5, 5.41) is 7.90. The highest BCUT2D eigenvalue weighted by atomic mass is 16.5. The van der Waals surface area contributed by atoms with Gasteiger partial charge in [0.25, 0.3) is 0 Å². The van der Waals surface area contributed by atoms with E-state index in [0.717, 1.165) is 12.1 Å². The molecule has 0 unspecified atom stereocenters. The summed E-state index contributed by atoms with van der Waals surface area (Å²) in [7, 11) is 0. The monoisotopic (exact) mass is 301 g/mol. The summed E-state index contributed by atoms with van der Waals surface area (Å²) >= 11 is 0. The Bertz CT molecular complexity index is 677. The maximum Gasteiger partial charge on any atom is 0.338 e. The van der Waals surface area contributed by atoms with Gasteiger partial charge in [-0.2, -0.15) is 0 Å². The lowest BCUT2D eigenvalue weighted by molar-refractivity contribution is 0.0378. The Balaban J connectivity index is 2.39. The van der Waals surface area contributed by atoms with E-state index in [4.69, 9.17) is 4.74 Å². The normalized spacial score (nSPS) is 10.7. The minimum atomic E-state index is -0.385. The Labute approximate surface area is 129 Å². The molecule has 0 saturated heterocycles. The Morgan fingerprint density at radius 2 is 2.18 bits per heavy atom. The Hall–Kier alpha value is -2.50. The zero-order chi connectivity index (χ0) is 16.1. The molecule has 0 N–H and O–H groups in total. The molecule has 0 atom stereocenters. The van der Waals surface area contributed by atoms with Gasteiger partial charge in [0.15, 0.2) is 6.29 Å². The van der Waals surface area contributed by atoms with Crippen molar-refractivity contribution in [3.8, 4) is 5.69 Å². The highest BCUT2D eigenvalue weighted by molar-refractivity contribution is 5.90. The van der Waals surface area contributed by atoms with Crippen molar-refractivity contribution < 1.29 is 14.3 Å². The largest absolute Gasteiger partial charge is 0.459 e. The molecule has 1 aromatic heterocycles. The third kappa shape index (κ3) is 3.39. The molecule has 0 amide bonds. The molecule has 2 rings (SSSR count). The van der Waals surface area contributed by atoms with E-state index in [0.29, 0.717) is 29.7 Å². The second-order valence-corrected chi connectivity index (χ2v) is 5.21. The van der Waals surface area contributed by atoms with Crippen LogP contribution >= 0.6 is 0 Å². The lowest BCUT2D eigenvalue weighted by Gasteiger charge is -2.10. The lowest BCUT2D eigenvalue weighted by Crippen LogP contribution is -2.12. The molecule has 116 valence electrons. The molecule has 0 aliphatic rings. The fourth-order valence-corrected chi connectivity index (χ4v) is 2.13. The number of rotatable bonds is 6. The molecule has 1 aromatic carbocycles. The molecule has 0 radical (unpaired) electrons. The average molecular weight is 301 g/mol. The first-order valence-corrected chi connectivity index (χ1v) is 7.28. The zero-order valence-corrected chi connectivity index (χ0v) is 12.9. The maximum atomic E-state index is 12.0. The molecule has 2 aromatic rings. The van der Waals surface area contributed by atoms with Gasteiger partial charge in [-0.15, -0.1) is 5.10 Å². The van der Waals surface area contributed by atoms with Crippen molar-refractivity contribution >= 4 is 12.3 Å². The molecule has 6 heteroatoms. The van der Waals surface area contributed by atoms with Gasteiger partial charge in [-0.25, -0.2) is 9.48 Å². The number of aromatic nitrogens is 3. The van der Waals surface area contributed by atoms with Crippen LogP contribution in [-0.2, 0) is 11.2 Å². The summed E-state index contributed by atoms with van der Waals surface area (Å²) in [4.78, 5) is 23.0. The van der Waals surface area contributed by atoms with Gasteiger partial charge < -0.3 is 4.74 Å². The van der Waals surface area contributed by atoms with Crippen LogP contribution in [0.5, 0.6) is 0 Å². The van der Waals surface area contributed by atoms with Crippen molar-refractivity contribution in [2.45, 2.75) is 39.7 Å². The van der Waals surface area contributed by atoms with E-state index in [1.54, 1.807) is 36.7 Å². The van der Waals surface area contributed by atoms with Gasteiger partial charge in [-0.3, -0.25) is 4.79 Å². The Kier molecular flexibility index (Phi) is 5.04. The minimum absolute atomic E-state index is 0.181. The highest BCUT2D eigenvalue weighted by Gasteiger charge is 2.15. The quantitative estimate of drug-likeness (QED) is 0.605. The van der Waals surface area contributed by atoms with E-state index in [9.17, 15) is 9.59 Å². The smallest absolute Gasteiger partial charge is 0.338 e. The molecule has 6 nitrogen and oxygen atoms in total. The molecule has 22 heavy (non-hydrogen) atoms. The van der Waals surface area contributed by atoms with Crippen molar-refractivity contribution in [2.75, 3.05) is 0 Å². The first-order chi connectivity index (χ1) is 10.6. The Morgan fingerprint density at radius 1 is 1.41 bits per heavy atom. The van der Waals surface area contributed by atoms with Gasteiger partial charge in [0.2, 0.25) is 0 Å². The number of hydrogen-bond acceptors (Lipinski definition) is 5. The summed E-state index contributed by atoms with van der Waals surface area (Å²) in [6, 6.07) is 6.94. The average Bonchev–Trinajstić information content (AvgIpc) is 2.90. The fraction of sp³-hybridized carbons (Fsp3) is 0.375. The molecule has 0 bridgehead atoms. The topological polar surface area (TPSA) is 74.1 Å². The molecule has 0 fully saturated rings. The molecule has 0 aliphatic carbocycles. The summed E-state index contributed by atoms with van der Waals surface area (Å²) < 4.78 is 6.79. The van der Waals surface area contributed by atoms with E-state index in [-0.39, 0.29) is 12.1 Å². The summed E-state index contributed by atoms with van der Waals surface area (Å²) in [6.07, 6.45) is 2.07. The van der Waals surface area contributed by atoms with Crippen LogP contribution in [0.1, 0.15) is 53.7 Å². The van der Waals surface area contributed by atoms with E-state index >= 15 is 0 Å². The third-order valence-electron chi connectivity index (χ3n) is 3.06. The molecule has 0 saturated carbocycles. The zero-order valence-electron chi connectivity index (χ0n) is 12.9. The summed E-state index contributed by atoms with van der Waals surface area (Å²) in [5.41, 5.74) is 2.20. The number of hydrogen-bond donors (Lipinski definition) is 0. The summed E-state index contributed by atoms with van der Waals surface area (Å²) in [6.45, 7) is 5.62. The number of esters is 1. The van der Waals surface area contributed by atoms with E-state index in [2.05, 4.69) is 10.3 Å². The van der Waals surface area contributed by atoms with Crippen LogP contribution in [0.15, 0.2) is 24.3 Å². The Morgan fingerprint density at radius 3 is 2.82 bits per heavy atom. The minimum Gasteiger partial charge on any atom is -0.459 e. The predicted octanol–water partition coefficient (Wildman–Crippen LogP) is 2.60. The second-order valence-electron chi connectivity index (χ2n) is 5.21. The number of benzene rings is 1. The van der Waals surface area contributed by atoms with Crippen LogP contribution in [0, 0.1) is 0 Å². The van der Waals surface area contributed by atoms with Crippen molar-refractivity contribution in [1.29, 1.82) is 0 Å². The van der Waals surface area contributed by atoms with E-state index in [1.807, 2.05) is 13.0 Å². The van der Waals surface area contributed by atoms with Gasteiger partial charge in [0.05, 0.1) is 23.0 Å². The first kappa shape index (κ1) is 15.9. The van der Waals surface area contributed by atoms with E-state index < -0.39 is 0 Å². The lowest BCUT2D eigenvalue weighted by atomic mass is 10.1. The van der Waals surface area contributed by atoms with Gasteiger partial charge in [-0.1, -0.05) is 24.6 Å². The van der Waals surface area contributed by atoms with Crippen molar-refractivity contribution in [1.82, 2.24) is 15.0 Å².